The summed E-state index contributed by atoms with van der Waals surface area (Å²) in [5.41, 5.74) is 1.02. The summed E-state index contributed by atoms with van der Waals surface area (Å²) in [4.78, 5) is 22.7. The van der Waals surface area contributed by atoms with Gasteiger partial charge >= 0.3 is 5.97 Å². The highest BCUT2D eigenvalue weighted by atomic mass is 32.1. The SMILES string of the molecule is Cc1ccccc1OCC(=O)NC(=S)Nc1ccc(C(=O)O)c(O)c1. The Morgan fingerprint density at radius 1 is 1.20 bits per heavy atom. The molecule has 0 heterocycles. The van der Waals surface area contributed by atoms with E-state index >= 15 is 0 Å². The number of thiocarbonyl (C=S) groups is 1. The van der Waals surface area contributed by atoms with Crippen LogP contribution in [0.2, 0.25) is 0 Å². The number of carboxylic acid groups (broad SMARTS) is 1. The van der Waals surface area contributed by atoms with Gasteiger partial charge in [0, 0.05) is 11.8 Å². The van der Waals surface area contributed by atoms with Gasteiger partial charge in [-0.3, -0.25) is 10.1 Å². The molecule has 8 heteroatoms. The smallest absolute Gasteiger partial charge is 0.339 e. The molecule has 0 radical (unpaired) electrons. The fourth-order valence-corrected chi connectivity index (χ4v) is 2.21. The van der Waals surface area contributed by atoms with Gasteiger partial charge in [-0.1, -0.05) is 18.2 Å². The summed E-state index contributed by atoms with van der Waals surface area (Å²) >= 11 is 5.00. The Morgan fingerprint density at radius 3 is 2.56 bits per heavy atom. The van der Waals surface area contributed by atoms with Crippen LogP contribution >= 0.6 is 12.2 Å². The van der Waals surface area contributed by atoms with Crippen molar-refractivity contribution in [3.05, 3.63) is 53.6 Å². The van der Waals surface area contributed by atoms with Gasteiger partial charge in [0.1, 0.15) is 17.1 Å². The highest BCUT2D eigenvalue weighted by molar-refractivity contribution is 7.80. The van der Waals surface area contributed by atoms with E-state index < -0.39 is 17.6 Å². The molecule has 0 spiro atoms. The molecule has 0 atom stereocenters. The Bertz CT molecular complexity index is 822. The van der Waals surface area contributed by atoms with Crippen LogP contribution in [0.5, 0.6) is 11.5 Å². The van der Waals surface area contributed by atoms with Crippen LogP contribution < -0.4 is 15.4 Å². The molecule has 130 valence electrons. The molecule has 4 N–H and O–H groups in total. The minimum absolute atomic E-state index is 0.000795. The first kappa shape index (κ1) is 18.2. The number of aromatic carboxylic acids is 1. The van der Waals surface area contributed by atoms with Crippen molar-refractivity contribution in [3.8, 4) is 11.5 Å². The van der Waals surface area contributed by atoms with Crippen LogP contribution in [0.15, 0.2) is 42.5 Å². The number of carboxylic acids is 1. The number of rotatable bonds is 5. The first-order chi connectivity index (χ1) is 11.9. The highest BCUT2D eigenvalue weighted by Gasteiger charge is 2.11. The van der Waals surface area contributed by atoms with Gasteiger partial charge in [0.2, 0.25) is 0 Å². The minimum atomic E-state index is -1.24. The zero-order valence-electron chi connectivity index (χ0n) is 13.3. The number of carbonyl (C=O) groups excluding carboxylic acids is 1. The zero-order chi connectivity index (χ0) is 18.4. The van der Waals surface area contributed by atoms with Crippen LogP contribution in [-0.4, -0.2) is 33.8 Å². The number of amides is 1. The highest BCUT2D eigenvalue weighted by Crippen LogP contribution is 2.21. The van der Waals surface area contributed by atoms with E-state index in [1.807, 2.05) is 19.1 Å². The molecule has 25 heavy (non-hydrogen) atoms. The molecule has 0 bridgehead atoms. The Hall–Kier alpha value is -3.13. The first-order valence-electron chi connectivity index (χ1n) is 7.22. The lowest BCUT2D eigenvalue weighted by Gasteiger charge is -2.12. The van der Waals surface area contributed by atoms with Crippen molar-refractivity contribution in [1.82, 2.24) is 5.32 Å². The van der Waals surface area contributed by atoms with Gasteiger partial charge in [-0.05, 0) is 42.9 Å². The van der Waals surface area contributed by atoms with Gasteiger partial charge in [0.05, 0.1) is 0 Å². The van der Waals surface area contributed by atoms with Crippen LogP contribution in [0.25, 0.3) is 0 Å². The number of benzene rings is 2. The van der Waals surface area contributed by atoms with Crippen LogP contribution in [0, 0.1) is 6.92 Å². The summed E-state index contributed by atoms with van der Waals surface area (Å²) < 4.78 is 5.41. The predicted octanol–water partition coefficient (Wildman–Crippen LogP) is 2.29. The predicted molar refractivity (Wildman–Crippen MR) is 96.1 cm³/mol. The molecular formula is C17H16N2O5S. The lowest BCUT2D eigenvalue weighted by molar-refractivity contribution is -0.121. The fraction of sp³-hybridized carbons (Fsp3) is 0.118. The number of para-hydroxylation sites is 1. The van der Waals surface area contributed by atoms with E-state index in [0.717, 1.165) is 5.56 Å². The molecular weight excluding hydrogens is 344 g/mol. The van der Waals surface area contributed by atoms with Gasteiger partial charge in [-0.2, -0.15) is 0 Å². The van der Waals surface area contributed by atoms with Gasteiger partial charge in [-0.15, -0.1) is 0 Å². The van der Waals surface area contributed by atoms with E-state index in [-0.39, 0.29) is 17.3 Å². The lowest BCUT2D eigenvalue weighted by Crippen LogP contribution is -2.37. The number of hydrogen-bond donors (Lipinski definition) is 4. The maximum absolute atomic E-state index is 11.8. The summed E-state index contributed by atoms with van der Waals surface area (Å²) in [7, 11) is 0. The average molecular weight is 360 g/mol. The van der Waals surface area contributed by atoms with Crippen molar-refractivity contribution < 1.29 is 24.5 Å². The topological polar surface area (TPSA) is 108 Å². The van der Waals surface area contributed by atoms with Crippen molar-refractivity contribution >= 4 is 34.9 Å². The molecule has 1 amide bonds. The monoisotopic (exact) mass is 360 g/mol. The second-order valence-electron chi connectivity index (χ2n) is 5.09. The normalized spacial score (nSPS) is 9.96. The molecule has 0 saturated heterocycles. The molecule has 0 aliphatic carbocycles. The fourth-order valence-electron chi connectivity index (χ4n) is 1.98. The quantitative estimate of drug-likeness (QED) is 0.606. The van der Waals surface area contributed by atoms with Crippen LogP contribution in [0.1, 0.15) is 15.9 Å². The van der Waals surface area contributed by atoms with Crippen LogP contribution in [0.3, 0.4) is 0 Å². The van der Waals surface area contributed by atoms with E-state index in [2.05, 4.69) is 10.6 Å². The number of carbonyl (C=O) groups is 2. The molecule has 0 fully saturated rings. The molecule has 0 aliphatic rings. The largest absolute Gasteiger partial charge is 0.507 e. The molecule has 2 rings (SSSR count). The number of aryl methyl sites for hydroxylation is 1. The third kappa shape index (κ3) is 5.18. The number of anilines is 1. The van der Waals surface area contributed by atoms with Gasteiger partial charge in [0.15, 0.2) is 11.7 Å². The summed E-state index contributed by atoms with van der Waals surface area (Å²) in [6.07, 6.45) is 0. The Balaban J connectivity index is 1.87. The van der Waals surface area contributed by atoms with Crippen molar-refractivity contribution in [2.24, 2.45) is 0 Å². The molecule has 0 unspecified atom stereocenters. The summed E-state index contributed by atoms with van der Waals surface area (Å²) in [5, 5.41) is 23.6. The molecule has 0 saturated carbocycles. The summed E-state index contributed by atoms with van der Waals surface area (Å²) in [6, 6.07) is 11.1. The van der Waals surface area contributed by atoms with Gasteiger partial charge in [0.25, 0.3) is 5.91 Å². The van der Waals surface area contributed by atoms with Crippen molar-refractivity contribution in [2.45, 2.75) is 6.92 Å². The maximum Gasteiger partial charge on any atom is 0.339 e. The Morgan fingerprint density at radius 2 is 1.92 bits per heavy atom. The third-order valence-electron chi connectivity index (χ3n) is 3.19. The molecule has 2 aromatic rings. The third-order valence-corrected chi connectivity index (χ3v) is 3.40. The van der Waals surface area contributed by atoms with Crippen molar-refractivity contribution in [1.29, 1.82) is 0 Å². The lowest BCUT2D eigenvalue weighted by atomic mass is 10.2. The molecule has 2 aromatic carbocycles. The van der Waals surface area contributed by atoms with E-state index in [0.29, 0.717) is 11.4 Å². The number of phenols is 1. The Kier molecular flexibility index (Phi) is 5.91. The van der Waals surface area contributed by atoms with Gasteiger partial charge < -0.3 is 20.3 Å². The second-order valence-corrected chi connectivity index (χ2v) is 5.50. The van der Waals surface area contributed by atoms with Crippen molar-refractivity contribution in [2.75, 3.05) is 11.9 Å². The molecule has 7 nitrogen and oxygen atoms in total. The summed E-state index contributed by atoms with van der Waals surface area (Å²) in [6.45, 7) is 1.66. The number of ether oxygens (including phenoxy) is 1. The van der Waals surface area contributed by atoms with Gasteiger partial charge in [-0.25, -0.2) is 4.79 Å². The number of nitrogens with one attached hydrogen (secondary N) is 2. The summed E-state index contributed by atoms with van der Waals surface area (Å²) in [5.74, 6) is -1.50. The zero-order valence-corrected chi connectivity index (χ0v) is 14.1. The minimum Gasteiger partial charge on any atom is -0.507 e. The second kappa shape index (κ2) is 8.11. The van der Waals surface area contributed by atoms with E-state index in [9.17, 15) is 14.7 Å². The van der Waals surface area contributed by atoms with Crippen LogP contribution in [0.4, 0.5) is 5.69 Å². The number of aromatic hydroxyl groups is 1. The molecule has 0 aromatic heterocycles. The standard InChI is InChI=1S/C17H16N2O5S/c1-10-4-2-3-5-14(10)24-9-15(21)19-17(25)18-11-6-7-12(16(22)23)13(20)8-11/h2-8,20H,9H2,1H3,(H,22,23)(H2,18,19,21,25). The Labute approximate surface area is 149 Å². The van der Waals surface area contributed by atoms with E-state index in [4.69, 9.17) is 22.1 Å². The maximum atomic E-state index is 11.8. The molecule has 0 aliphatic heterocycles. The number of hydrogen-bond acceptors (Lipinski definition) is 5. The van der Waals surface area contributed by atoms with Crippen LogP contribution in [-0.2, 0) is 4.79 Å². The van der Waals surface area contributed by atoms with E-state index in [1.54, 1.807) is 12.1 Å². The van der Waals surface area contributed by atoms with Crippen molar-refractivity contribution in [3.63, 3.8) is 0 Å². The van der Waals surface area contributed by atoms with E-state index in [1.165, 1.54) is 18.2 Å². The first-order valence-corrected chi connectivity index (χ1v) is 7.63. The average Bonchev–Trinajstić information content (AvgIpc) is 2.53.